The maximum Gasteiger partial charge on any atom is 0.420 e. The van der Waals surface area contributed by atoms with Gasteiger partial charge in [-0.15, -0.1) is 0 Å². The van der Waals surface area contributed by atoms with E-state index in [1.807, 2.05) is 6.07 Å². The van der Waals surface area contributed by atoms with Gasteiger partial charge in [0.2, 0.25) is 6.10 Å². The molecule has 0 saturated carbocycles. The van der Waals surface area contributed by atoms with E-state index in [-0.39, 0.29) is 12.5 Å². The van der Waals surface area contributed by atoms with Crippen molar-refractivity contribution in [3.05, 3.63) is 70.7 Å². The zero-order chi connectivity index (χ0) is 20.2. The molecule has 8 nitrogen and oxygen atoms in total. The first-order valence-corrected chi connectivity index (χ1v) is 9.33. The summed E-state index contributed by atoms with van der Waals surface area (Å²) in [6.45, 7) is 1.40. The summed E-state index contributed by atoms with van der Waals surface area (Å²) in [5, 5.41) is 0. The molecule has 0 spiro atoms. The van der Waals surface area contributed by atoms with E-state index < -0.39 is 17.8 Å². The van der Waals surface area contributed by atoms with Gasteiger partial charge in [-0.05, 0) is 12.1 Å². The molecule has 29 heavy (non-hydrogen) atoms. The van der Waals surface area contributed by atoms with Crippen molar-refractivity contribution in [2.45, 2.75) is 12.6 Å². The van der Waals surface area contributed by atoms with Crippen molar-refractivity contribution >= 4 is 23.0 Å². The number of aromatic nitrogens is 1. The molecular weight excluding hydrogens is 376 g/mol. The van der Waals surface area contributed by atoms with Gasteiger partial charge in [0.1, 0.15) is 6.54 Å². The highest BCUT2D eigenvalue weighted by Crippen LogP contribution is 2.22. The highest BCUT2D eigenvalue weighted by Gasteiger charge is 2.30. The summed E-state index contributed by atoms with van der Waals surface area (Å²) in [5.41, 5.74) is 1.45. The Kier molecular flexibility index (Phi) is 5.44. The van der Waals surface area contributed by atoms with Gasteiger partial charge in [0.15, 0.2) is 5.58 Å². The van der Waals surface area contributed by atoms with E-state index in [9.17, 15) is 14.4 Å². The molecule has 1 aromatic heterocycles. The first kappa shape index (κ1) is 18.9. The molecule has 3 aromatic rings. The topological polar surface area (TPSA) is 91.0 Å². The van der Waals surface area contributed by atoms with Crippen LogP contribution in [-0.2, 0) is 25.6 Å². The molecule has 1 amide bonds. The minimum Gasteiger partial charge on any atom is -0.446 e. The van der Waals surface area contributed by atoms with Crippen LogP contribution < -0.4 is 5.76 Å². The van der Waals surface area contributed by atoms with Gasteiger partial charge in [0.25, 0.3) is 5.91 Å². The van der Waals surface area contributed by atoms with Gasteiger partial charge in [-0.25, -0.2) is 4.79 Å². The monoisotopic (exact) mass is 396 g/mol. The van der Waals surface area contributed by atoms with Crippen molar-refractivity contribution in [2.24, 2.45) is 0 Å². The maximum absolute atomic E-state index is 13.0. The smallest absolute Gasteiger partial charge is 0.420 e. The number of rotatable bonds is 5. The van der Waals surface area contributed by atoms with Crippen LogP contribution in [0.1, 0.15) is 11.7 Å². The van der Waals surface area contributed by atoms with Gasteiger partial charge in [-0.3, -0.25) is 14.2 Å². The number of para-hydroxylation sites is 2. The number of esters is 1. The number of fused-ring (bicyclic) bond motifs is 1. The number of morpholine rings is 1. The molecular formula is C21H20N2O6. The first-order chi connectivity index (χ1) is 14.1. The van der Waals surface area contributed by atoms with Gasteiger partial charge in [0.05, 0.1) is 18.7 Å². The van der Waals surface area contributed by atoms with Crippen molar-refractivity contribution < 1.29 is 23.5 Å². The maximum atomic E-state index is 13.0. The molecule has 1 atom stereocenters. The predicted octanol–water partition coefficient (Wildman–Crippen LogP) is 1.74. The van der Waals surface area contributed by atoms with E-state index in [2.05, 4.69) is 0 Å². The van der Waals surface area contributed by atoms with Crippen molar-refractivity contribution in [3.63, 3.8) is 0 Å². The van der Waals surface area contributed by atoms with Crippen molar-refractivity contribution in [1.82, 2.24) is 9.47 Å². The SMILES string of the molecule is O=C(Cn1c(=O)oc2ccccc21)O[C@@H](C(=O)N1CCOCC1)c1ccccc1. The highest BCUT2D eigenvalue weighted by atomic mass is 16.5. The van der Waals surface area contributed by atoms with Crippen LogP contribution in [0.5, 0.6) is 0 Å². The number of carbonyl (C=O) groups is 2. The Morgan fingerprint density at radius 3 is 2.45 bits per heavy atom. The van der Waals surface area contributed by atoms with Gasteiger partial charge in [-0.1, -0.05) is 42.5 Å². The summed E-state index contributed by atoms with van der Waals surface area (Å²) in [7, 11) is 0. The van der Waals surface area contributed by atoms with E-state index in [0.29, 0.717) is 43.0 Å². The van der Waals surface area contributed by atoms with Crippen LogP contribution in [0.15, 0.2) is 63.8 Å². The number of benzene rings is 2. The summed E-state index contributed by atoms with van der Waals surface area (Å²) in [6.07, 6.45) is -1.09. The summed E-state index contributed by atoms with van der Waals surface area (Å²) >= 11 is 0. The zero-order valence-electron chi connectivity index (χ0n) is 15.7. The van der Waals surface area contributed by atoms with E-state index in [1.54, 1.807) is 53.4 Å². The molecule has 0 unspecified atom stereocenters. The standard InChI is InChI=1S/C21H20N2O6/c24-18(14-23-16-8-4-5-9-17(16)28-21(23)26)29-19(15-6-2-1-3-7-15)20(25)22-10-12-27-13-11-22/h1-9,19H,10-14H2/t19-/m1/s1. The largest absolute Gasteiger partial charge is 0.446 e. The minimum absolute atomic E-state index is 0.308. The Balaban J connectivity index is 1.56. The molecule has 1 fully saturated rings. The van der Waals surface area contributed by atoms with Crippen LogP contribution in [0, 0.1) is 0 Å². The molecule has 1 aliphatic heterocycles. The third kappa shape index (κ3) is 4.07. The molecule has 0 bridgehead atoms. The zero-order valence-corrected chi connectivity index (χ0v) is 15.7. The molecule has 2 aromatic carbocycles. The summed E-state index contributed by atoms with van der Waals surface area (Å²) in [6, 6.07) is 15.6. The molecule has 4 rings (SSSR count). The molecule has 150 valence electrons. The average Bonchev–Trinajstić information content (AvgIpc) is 3.08. The second kappa shape index (κ2) is 8.32. The van der Waals surface area contributed by atoms with Crippen LogP contribution in [0.2, 0.25) is 0 Å². The quantitative estimate of drug-likeness (QED) is 0.610. The van der Waals surface area contributed by atoms with Gasteiger partial charge in [0, 0.05) is 18.7 Å². The van der Waals surface area contributed by atoms with Gasteiger partial charge >= 0.3 is 11.7 Å². The lowest BCUT2D eigenvalue weighted by atomic mass is 10.1. The third-order valence-electron chi connectivity index (χ3n) is 4.76. The highest BCUT2D eigenvalue weighted by molar-refractivity contribution is 5.85. The lowest BCUT2D eigenvalue weighted by molar-refractivity contribution is -0.163. The summed E-state index contributed by atoms with van der Waals surface area (Å²) in [4.78, 5) is 39.4. The van der Waals surface area contributed by atoms with Crippen LogP contribution in [0.3, 0.4) is 0 Å². The first-order valence-electron chi connectivity index (χ1n) is 9.33. The number of oxazole rings is 1. The van der Waals surface area contributed by atoms with Crippen LogP contribution in [0.25, 0.3) is 11.1 Å². The molecule has 0 aliphatic carbocycles. The van der Waals surface area contributed by atoms with Crippen molar-refractivity contribution in [2.75, 3.05) is 26.3 Å². The predicted molar refractivity (Wildman–Crippen MR) is 103 cm³/mol. The summed E-state index contributed by atoms with van der Waals surface area (Å²) < 4.78 is 17.2. The van der Waals surface area contributed by atoms with Gasteiger partial charge < -0.3 is 18.8 Å². The Bertz CT molecular complexity index is 1070. The Morgan fingerprint density at radius 1 is 1.00 bits per heavy atom. The van der Waals surface area contributed by atoms with Crippen molar-refractivity contribution in [3.8, 4) is 0 Å². The Hall–Kier alpha value is -3.39. The normalized spacial score (nSPS) is 15.2. The number of hydrogen-bond donors (Lipinski definition) is 0. The third-order valence-corrected chi connectivity index (χ3v) is 4.76. The number of amides is 1. The average molecular weight is 396 g/mol. The molecule has 0 radical (unpaired) electrons. The molecule has 0 N–H and O–H groups in total. The lowest BCUT2D eigenvalue weighted by Gasteiger charge is -2.30. The molecule has 1 aliphatic rings. The number of hydrogen-bond acceptors (Lipinski definition) is 6. The number of carbonyl (C=O) groups excluding carboxylic acids is 2. The van der Waals surface area contributed by atoms with E-state index in [1.165, 1.54) is 4.57 Å². The van der Waals surface area contributed by atoms with Gasteiger partial charge in [-0.2, -0.15) is 0 Å². The Labute approximate surface area is 166 Å². The van der Waals surface area contributed by atoms with Crippen LogP contribution >= 0.6 is 0 Å². The van der Waals surface area contributed by atoms with E-state index in [4.69, 9.17) is 13.9 Å². The number of nitrogens with zero attached hydrogens (tertiary/aromatic N) is 2. The Morgan fingerprint density at radius 2 is 1.69 bits per heavy atom. The minimum atomic E-state index is -1.09. The van der Waals surface area contributed by atoms with E-state index in [0.717, 1.165) is 0 Å². The molecule has 8 heteroatoms. The number of ether oxygens (including phenoxy) is 2. The van der Waals surface area contributed by atoms with Crippen LogP contribution in [-0.4, -0.2) is 47.6 Å². The fourth-order valence-electron chi connectivity index (χ4n) is 3.30. The molecule has 2 heterocycles. The summed E-state index contributed by atoms with van der Waals surface area (Å²) in [5.74, 6) is -1.66. The lowest BCUT2D eigenvalue weighted by Crippen LogP contribution is -2.44. The van der Waals surface area contributed by atoms with E-state index >= 15 is 0 Å². The molecule has 1 saturated heterocycles. The fourth-order valence-corrected chi connectivity index (χ4v) is 3.30. The van der Waals surface area contributed by atoms with Crippen LogP contribution in [0.4, 0.5) is 0 Å². The second-order valence-corrected chi connectivity index (χ2v) is 6.64. The fraction of sp³-hybridized carbons (Fsp3) is 0.286. The second-order valence-electron chi connectivity index (χ2n) is 6.64. The van der Waals surface area contributed by atoms with Crippen molar-refractivity contribution in [1.29, 1.82) is 0 Å².